The van der Waals surface area contributed by atoms with Crippen molar-refractivity contribution in [1.29, 1.82) is 0 Å². The molecule has 10 heteroatoms. The van der Waals surface area contributed by atoms with Gasteiger partial charge in [0.05, 0.1) is 17.5 Å². The van der Waals surface area contributed by atoms with E-state index in [9.17, 15) is 34.2 Å². The summed E-state index contributed by atoms with van der Waals surface area (Å²) in [7, 11) is 6.88. The molecule has 1 amide bonds. The fourth-order valence-electron chi connectivity index (χ4n) is 10.3. The molecular weight excluding hydrogens is 658 g/mol. The fourth-order valence-corrected chi connectivity index (χ4v) is 10.3. The molecule has 274 valence electrons. The van der Waals surface area contributed by atoms with Gasteiger partial charge in [-0.1, -0.05) is 42.0 Å². The Morgan fingerprint density at radius 3 is 2.31 bits per heavy atom. The van der Waals surface area contributed by atoms with E-state index in [1.807, 2.05) is 31.1 Å². The van der Waals surface area contributed by atoms with Gasteiger partial charge in [-0.25, -0.2) is 0 Å². The monoisotopic (exact) mass is 707 g/mol. The number of hydrogen-bond acceptors (Lipinski definition) is 9. The molecule has 3 fully saturated rings. The Morgan fingerprint density at radius 1 is 0.981 bits per heavy atom. The number of nitrogens with two attached hydrogens (primary N) is 1. The van der Waals surface area contributed by atoms with Crippen molar-refractivity contribution in [3.8, 4) is 5.75 Å². The van der Waals surface area contributed by atoms with Gasteiger partial charge in [0.25, 0.3) is 0 Å². The summed E-state index contributed by atoms with van der Waals surface area (Å²) in [5.41, 5.74) is 9.57. The molecule has 2 aromatic rings. The Kier molecular flexibility index (Phi) is 9.14. The number of phenols is 1. The van der Waals surface area contributed by atoms with Crippen LogP contribution in [-0.4, -0.2) is 84.0 Å². The second-order valence-electron chi connectivity index (χ2n) is 16.3. The van der Waals surface area contributed by atoms with E-state index < -0.39 is 64.4 Å². The molecule has 7 rings (SSSR count). The fraction of sp³-hybridized carbons (Fsp3) is 0.500. The maximum atomic E-state index is 14.5. The second-order valence-corrected chi connectivity index (χ2v) is 16.3. The van der Waals surface area contributed by atoms with E-state index in [1.165, 1.54) is 34.4 Å². The Balaban J connectivity index is 1.15. The summed E-state index contributed by atoms with van der Waals surface area (Å²) in [6, 6.07) is 9.44. The van der Waals surface area contributed by atoms with Crippen molar-refractivity contribution < 1.29 is 34.2 Å². The van der Waals surface area contributed by atoms with Crippen LogP contribution >= 0.6 is 0 Å². The highest BCUT2D eigenvalue weighted by Gasteiger charge is 2.69. The van der Waals surface area contributed by atoms with Crippen LogP contribution in [0.2, 0.25) is 0 Å². The number of ketones is 4. The van der Waals surface area contributed by atoms with Crippen molar-refractivity contribution in [1.82, 2.24) is 4.90 Å². The van der Waals surface area contributed by atoms with Gasteiger partial charge in [-0.2, -0.15) is 0 Å². The van der Waals surface area contributed by atoms with Crippen molar-refractivity contribution in [3.63, 3.8) is 0 Å². The van der Waals surface area contributed by atoms with Crippen molar-refractivity contribution in [2.75, 3.05) is 33.1 Å². The standard InChI is InChI=1S/C42H49N3O7/c1-21-8-6-7-9-27(21)24-13-10-22(11-14-24)16-23-12-15-25(17-23)28-20-31(44(2)3)29-18-26-19-30-35(45(4)5)38(48)34(41(43)51)40(50)42(30,52)39(49)32(26)37(47)33(29)36(28)46/h6-9,12,15,20,22,24,26,30,32,34-35,46,52H,10-11,13-14,16-19H2,1-5H3,(H2,43,51)/t22?,24?,26-,30-,32?,34?,35-,42-/m0/s1. The number of Topliss-reactive ketones (excluding diaryl/α,β-unsaturated/α-hetero) is 4. The van der Waals surface area contributed by atoms with Crippen LogP contribution in [0.5, 0.6) is 5.75 Å². The first-order chi connectivity index (χ1) is 24.6. The number of allylic oxidation sites excluding steroid dienone is 4. The lowest BCUT2D eigenvalue weighted by molar-refractivity contribution is -0.181. The number of fused-ring (bicyclic) bond motifs is 3. The van der Waals surface area contributed by atoms with Gasteiger partial charge in [-0.05, 0) is 118 Å². The molecule has 10 nitrogen and oxygen atoms in total. The molecule has 0 spiro atoms. The number of anilines is 1. The number of aromatic hydroxyl groups is 1. The smallest absolute Gasteiger partial charge is 0.235 e. The average Bonchev–Trinajstić information content (AvgIpc) is 3.54. The number of carbonyl (C=O) groups excluding carboxylic acids is 5. The number of phenolic OH excluding ortho intramolecular Hbond substituents is 1. The number of likely N-dealkylation sites (N-methyl/N-ethyl adjacent to an activating group) is 1. The highest BCUT2D eigenvalue weighted by Crippen LogP contribution is 2.53. The molecule has 0 aliphatic heterocycles. The molecule has 6 atom stereocenters. The molecule has 2 unspecified atom stereocenters. The number of rotatable bonds is 7. The third-order valence-corrected chi connectivity index (χ3v) is 12.8. The highest BCUT2D eigenvalue weighted by molar-refractivity contribution is 6.32. The summed E-state index contributed by atoms with van der Waals surface area (Å²) < 4.78 is 0. The van der Waals surface area contributed by atoms with Crippen molar-refractivity contribution in [2.45, 2.75) is 75.9 Å². The van der Waals surface area contributed by atoms with Gasteiger partial charge in [0.2, 0.25) is 5.91 Å². The lowest BCUT2D eigenvalue weighted by Gasteiger charge is -2.52. The molecule has 2 aromatic carbocycles. The predicted molar refractivity (Wildman–Crippen MR) is 197 cm³/mol. The number of aryl methyl sites for hydroxylation is 1. The molecule has 0 saturated heterocycles. The Labute approximate surface area is 304 Å². The number of primary amides is 1. The summed E-state index contributed by atoms with van der Waals surface area (Å²) in [5, 5.41) is 23.8. The molecule has 5 aliphatic carbocycles. The van der Waals surface area contributed by atoms with Crippen LogP contribution in [0.3, 0.4) is 0 Å². The SMILES string of the molecule is Cc1ccccc1C1CCC(CC2=CC=C(c3cc(N(C)C)c4c(c3O)C(=O)C3C(=O)[C@]5(O)C(=O)C(C(N)=O)C(=O)[C@@H](N(C)C)[C@@H]5C[C@@H]3C4)C2)CC1. The van der Waals surface area contributed by atoms with Crippen LogP contribution in [-0.2, 0) is 25.6 Å². The molecule has 0 heterocycles. The van der Waals surface area contributed by atoms with Gasteiger partial charge < -0.3 is 20.8 Å². The van der Waals surface area contributed by atoms with E-state index in [1.54, 1.807) is 14.1 Å². The maximum Gasteiger partial charge on any atom is 0.235 e. The van der Waals surface area contributed by atoms with E-state index in [2.05, 4.69) is 37.3 Å². The summed E-state index contributed by atoms with van der Waals surface area (Å²) >= 11 is 0. The first-order valence-electron chi connectivity index (χ1n) is 18.5. The van der Waals surface area contributed by atoms with Crippen LogP contribution in [0.1, 0.15) is 83.5 Å². The van der Waals surface area contributed by atoms with Gasteiger partial charge in [-0.15, -0.1) is 0 Å². The van der Waals surface area contributed by atoms with E-state index in [4.69, 9.17) is 5.73 Å². The number of nitrogens with zero attached hydrogens (tertiary/aromatic N) is 2. The van der Waals surface area contributed by atoms with E-state index in [0.29, 0.717) is 29.4 Å². The van der Waals surface area contributed by atoms with Crippen LogP contribution in [0.4, 0.5) is 5.69 Å². The minimum absolute atomic E-state index is 0.0184. The lowest BCUT2D eigenvalue weighted by atomic mass is 9.52. The van der Waals surface area contributed by atoms with Crippen LogP contribution in [0, 0.1) is 36.5 Å². The zero-order valence-electron chi connectivity index (χ0n) is 30.6. The van der Waals surface area contributed by atoms with E-state index >= 15 is 0 Å². The first kappa shape index (κ1) is 36.0. The maximum absolute atomic E-state index is 14.5. The van der Waals surface area contributed by atoms with Gasteiger partial charge in [0.15, 0.2) is 34.7 Å². The quantitative estimate of drug-likeness (QED) is 0.357. The topological polar surface area (TPSA) is 158 Å². The molecule has 3 saturated carbocycles. The minimum Gasteiger partial charge on any atom is -0.507 e. The lowest BCUT2D eigenvalue weighted by Crippen LogP contribution is -2.74. The molecule has 0 radical (unpaired) electrons. The largest absolute Gasteiger partial charge is 0.507 e. The van der Waals surface area contributed by atoms with Gasteiger partial charge in [0, 0.05) is 31.3 Å². The number of carbonyl (C=O) groups is 5. The number of hydrogen-bond donors (Lipinski definition) is 3. The summed E-state index contributed by atoms with van der Waals surface area (Å²) in [4.78, 5) is 71.6. The molecule has 4 N–H and O–H groups in total. The molecule has 0 bridgehead atoms. The number of aliphatic hydroxyl groups is 1. The van der Waals surface area contributed by atoms with Gasteiger partial charge in [0.1, 0.15) is 5.75 Å². The van der Waals surface area contributed by atoms with Crippen molar-refractivity contribution >= 4 is 40.3 Å². The molecule has 5 aliphatic rings. The summed E-state index contributed by atoms with van der Waals surface area (Å²) in [6.45, 7) is 2.19. The van der Waals surface area contributed by atoms with E-state index in [-0.39, 0.29) is 24.2 Å². The number of benzene rings is 2. The third-order valence-electron chi connectivity index (χ3n) is 12.8. The Hall–Kier alpha value is -4.41. The second kappa shape index (κ2) is 13.2. The Morgan fingerprint density at radius 2 is 1.67 bits per heavy atom. The zero-order chi connectivity index (χ0) is 37.4. The van der Waals surface area contributed by atoms with Crippen molar-refractivity contribution in [3.05, 3.63) is 75.9 Å². The zero-order valence-corrected chi connectivity index (χ0v) is 30.6. The normalized spacial score (nSPS) is 31.5. The van der Waals surface area contributed by atoms with Crippen molar-refractivity contribution in [2.24, 2.45) is 35.3 Å². The van der Waals surface area contributed by atoms with Crippen LogP contribution in [0.25, 0.3) is 5.57 Å². The number of amides is 1. The Bertz CT molecular complexity index is 1950. The van der Waals surface area contributed by atoms with Crippen LogP contribution in [0.15, 0.2) is 48.1 Å². The first-order valence-corrected chi connectivity index (χ1v) is 18.5. The average molecular weight is 708 g/mol. The third kappa shape index (κ3) is 5.57. The molecular formula is C42H49N3O7. The van der Waals surface area contributed by atoms with E-state index in [0.717, 1.165) is 30.5 Å². The molecule has 0 aromatic heterocycles. The summed E-state index contributed by atoms with van der Waals surface area (Å²) in [6.07, 6.45) is 10.6. The minimum atomic E-state index is -2.75. The van der Waals surface area contributed by atoms with Gasteiger partial charge >= 0.3 is 0 Å². The van der Waals surface area contributed by atoms with Crippen LogP contribution < -0.4 is 10.6 Å². The highest BCUT2D eigenvalue weighted by atomic mass is 16.3. The van der Waals surface area contributed by atoms with Gasteiger partial charge in [-0.3, -0.25) is 28.9 Å². The summed E-state index contributed by atoms with van der Waals surface area (Å²) in [5.74, 6) is -9.21. The predicted octanol–water partition coefficient (Wildman–Crippen LogP) is 4.32. The molecule has 52 heavy (non-hydrogen) atoms.